The van der Waals surface area contributed by atoms with Crippen LogP contribution in [0.1, 0.15) is 5.82 Å². The van der Waals surface area contributed by atoms with Crippen LogP contribution >= 0.6 is 0 Å². The summed E-state index contributed by atoms with van der Waals surface area (Å²) in [6, 6.07) is 13.0. The van der Waals surface area contributed by atoms with Gasteiger partial charge in [0, 0.05) is 29.8 Å². The van der Waals surface area contributed by atoms with Gasteiger partial charge in [0.15, 0.2) is 5.75 Å². The molecule has 12 heteroatoms. The zero-order valence-electron chi connectivity index (χ0n) is 17.7. The van der Waals surface area contributed by atoms with Crippen LogP contribution in [0.3, 0.4) is 0 Å². The van der Waals surface area contributed by atoms with Crippen molar-refractivity contribution in [2.45, 2.75) is 13.3 Å². The third-order valence-electron chi connectivity index (χ3n) is 4.50. The Bertz CT molecular complexity index is 1290. The predicted octanol–water partition coefficient (Wildman–Crippen LogP) is 5.26. The summed E-state index contributed by atoms with van der Waals surface area (Å²) >= 11 is 0. The molecular weight excluding hydrogens is 451 g/mol. The molecule has 2 aromatic heterocycles. The average Bonchev–Trinajstić information content (AvgIpc) is 3.22. The Morgan fingerprint density at radius 3 is 2.41 bits per heavy atom. The van der Waals surface area contributed by atoms with Crippen molar-refractivity contribution in [1.29, 1.82) is 0 Å². The van der Waals surface area contributed by atoms with E-state index < -0.39 is 18.1 Å². The number of nitrogens with one attached hydrogen (secondary N) is 3. The lowest BCUT2D eigenvalue weighted by atomic mass is 10.2. The van der Waals surface area contributed by atoms with Crippen LogP contribution in [-0.2, 0) is 0 Å². The number of hydrogen-bond donors (Lipinski definition) is 3. The van der Waals surface area contributed by atoms with E-state index >= 15 is 0 Å². The summed E-state index contributed by atoms with van der Waals surface area (Å²) in [5.74, 6) is 1.47. The van der Waals surface area contributed by atoms with E-state index in [0.717, 1.165) is 11.9 Å². The molecule has 0 atom stereocenters. The van der Waals surface area contributed by atoms with Crippen molar-refractivity contribution in [1.82, 2.24) is 19.5 Å². The molecule has 174 valence electrons. The Morgan fingerprint density at radius 1 is 0.971 bits per heavy atom. The average molecular weight is 469 g/mol. The maximum atomic E-state index is 12.5. The number of carbonyl (C=O) groups excluding carboxylic acids is 1. The molecule has 34 heavy (non-hydrogen) atoms. The summed E-state index contributed by atoms with van der Waals surface area (Å²) < 4.78 is 43.4. The number of ether oxygens (including phenoxy) is 1. The molecule has 0 aliphatic rings. The first-order valence-corrected chi connectivity index (χ1v) is 9.89. The molecule has 2 heterocycles. The zero-order valence-corrected chi connectivity index (χ0v) is 17.7. The van der Waals surface area contributed by atoms with Crippen LogP contribution in [0.15, 0.2) is 73.3 Å². The maximum absolute atomic E-state index is 12.5. The summed E-state index contributed by atoms with van der Waals surface area (Å²) in [5.41, 5.74) is 1.000. The van der Waals surface area contributed by atoms with E-state index in [0.29, 0.717) is 23.0 Å². The second kappa shape index (κ2) is 9.48. The molecule has 0 unspecified atom stereocenters. The number of halogens is 3. The van der Waals surface area contributed by atoms with Gasteiger partial charge in [-0.3, -0.25) is 4.57 Å². The SMILES string of the molecule is Cc1nccn1-c1cc(Nc2ccc(NC(=O)Nc3ccccc3OC(F)(F)F)cc2)ncn1. The number of aromatic nitrogens is 4. The minimum atomic E-state index is -4.88. The summed E-state index contributed by atoms with van der Waals surface area (Å²) in [6.07, 6.45) is 0.0196. The standard InChI is InChI=1S/C22H18F3N7O2/c1-14-26-10-11-32(14)20-12-19(27-13-28-20)29-15-6-8-16(9-7-15)30-21(33)31-17-4-2-3-5-18(17)34-22(23,24)25/h2-13H,1H3,(H,27,28,29)(H2,30,31,33). The first-order chi connectivity index (χ1) is 16.3. The van der Waals surface area contributed by atoms with Crippen molar-refractivity contribution >= 4 is 28.9 Å². The predicted molar refractivity (Wildman–Crippen MR) is 119 cm³/mol. The Morgan fingerprint density at radius 2 is 1.71 bits per heavy atom. The van der Waals surface area contributed by atoms with Crippen LogP contribution < -0.4 is 20.7 Å². The van der Waals surface area contributed by atoms with Gasteiger partial charge >= 0.3 is 12.4 Å². The van der Waals surface area contributed by atoms with Gasteiger partial charge < -0.3 is 20.7 Å². The zero-order chi connectivity index (χ0) is 24.1. The highest BCUT2D eigenvalue weighted by atomic mass is 19.4. The third kappa shape index (κ3) is 5.79. The summed E-state index contributed by atoms with van der Waals surface area (Å²) in [6.45, 7) is 1.86. The molecule has 0 fully saturated rings. The van der Waals surface area contributed by atoms with Gasteiger partial charge in [0.05, 0.1) is 5.69 Å². The Balaban J connectivity index is 1.39. The van der Waals surface area contributed by atoms with E-state index in [1.807, 2.05) is 11.5 Å². The van der Waals surface area contributed by atoms with E-state index in [2.05, 4.69) is 35.6 Å². The van der Waals surface area contributed by atoms with Gasteiger partial charge in [-0.2, -0.15) is 0 Å². The van der Waals surface area contributed by atoms with Crippen molar-refractivity contribution in [2.24, 2.45) is 0 Å². The molecule has 0 saturated carbocycles. The molecule has 0 aliphatic heterocycles. The molecule has 0 bridgehead atoms. The van der Waals surface area contributed by atoms with Gasteiger partial charge in [0.25, 0.3) is 0 Å². The quantitative estimate of drug-likeness (QED) is 0.356. The molecule has 9 nitrogen and oxygen atoms in total. The van der Waals surface area contributed by atoms with Gasteiger partial charge in [-0.15, -0.1) is 13.2 Å². The second-order valence-electron chi connectivity index (χ2n) is 6.93. The molecule has 4 aromatic rings. The Labute approximate surface area is 191 Å². The number of aryl methyl sites for hydroxylation is 1. The smallest absolute Gasteiger partial charge is 0.404 e. The van der Waals surface area contributed by atoms with Crippen molar-refractivity contribution in [3.05, 3.63) is 79.1 Å². The van der Waals surface area contributed by atoms with Crippen LogP contribution in [0.5, 0.6) is 5.75 Å². The van der Waals surface area contributed by atoms with E-state index in [9.17, 15) is 18.0 Å². The normalized spacial score (nSPS) is 11.1. The van der Waals surface area contributed by atoms with Gasteiger partial charge in [0.1, 0.15) is 23.8 Å². The second-order valence-corrected chi connectivity index (χ2v) is 6.93. The van der Waals surface area contributed by atoms with Crippen LogP contribution in [0, 0.1) is 6.92 Å². The minimum Gasteiger partial charge on any atom is -0.404 e. The number of rotatable bonds is 6. The fraction of sp³-hybridized carbons (Fsp3) is 0.0909. The molecule has 0 saturated heterocycles. The van der Waals surface area contributed by atoms with Crippen LogP contribution in [0.4, 0.5) is 40.8 Å². The number of hydrogen-bond acceptors (Lipinski definition) is 6. The van der Waals surface area contributed by atoms with Crippen LogP contribution in [0.2, 0.25) is 0 Å². The topological polar surface area (TPSA) is 106 Å². The molecule has 4 rings (SSSR count). The molecule has 2 aromatic carbocycles. The van der Waals surface area contributed by atoms with Crippen LogP contribution in [-0.4, -0.2) is 31.9 Å². The number of anilines is 4. The Kier molecular flexibility index (Phi) is 6.30. The molecule has 0 spiro atoms. The first kappa shape index (κ1) is 22.6. The number of carbonyl (C=O) groups is 1. The molecule has 3 N–H and O–H groups in total. The van der Waals surface area contributed by atoms with E-state index in [4.69, 9.17) is 0 Å². The largest absolute Gasteiger partial charge is 0.573 e. The summed E-state index contributed by atoms with van der Waals surface area (Å²) in [5, 5.41) is 8.04. The Hall–Kier alpha value is -4.61. The highest BCUT2D eigenvalue weighted by Gasteiger charge is 2.32. The van der Waals surface area contributed by atoms with Crippen LogP contribution in [0.25, 0.3) is 5.82 Å². The van der Waals surface area contributed by atoms with Crippen molar-refractivity contribution in [3.8, 4) is 11.6 Å². The number of amides is 2. The minimum absolute atomic E-state index is 0.122. The van der Waals surface area contributed by atoms with Gasteiger partial charge in [0.2, 0.25) is 0 Å². The highest BCUT2D eigenvalue weighted by molar-refractivity contribution is 6.00. The lowest BCUT2D eigenvalue weighted by Gasteiger charge is -2.14. The van der Waals surface area contributed by atoms with Gasteiger partial charge in [-0.1, -0.05) is 12.1 Å². The lowest BCUT2D eigenvalue weighted by molar-refractivity contribution is -0.274. The number of alkyl halides is 3. The number of imidazole rings is 1. The summed E-state index contributed by atoms with van der Waals surface area (Å²) in [4.78, 5) is 24.9. The van der Waals surface area contributed by atoms with Crippen molar-refractivity contribution in [3.63, 3.8) is 0 Å². The molecule has 0 aliphatic carbocycles. The summed E-state index contributed by atoms with van der Waals surface area (Å²) in [7, 11) is 0. The number of urea groups is 1. The van der Waals surface area contributed by atoms with E-state index in [-0.39, 0.29) is 5.69 Å². The fourth-order valence-electron chi connectivity index (χ4n) is 3.02. The monoisotopic (exact) mass is 469 g/mol. The number of benzene rings is 2. The number of para-hydroxylation sites is 2. The van der Waals surface area contributed by atoms with Crippen molar-refractivity contribution in [2.75, 3.05) is 16.0 Å². The highest BCUT2D eigenvalue weighted by Crippen LogP contribution is 2.30. The third-order valence-corrected chi connectivity index (χ3v) is 4.50. The van der Waals surface area contributed by atoms with Gasteiger partial charge in [-0.25, -0.2) is 19.7 Å². The van der Waals surface area contributed by atoms with E-state index in [1.165, 1.54) is 24.5 Å². The van der Waals surface area contributed by atoms with Gasteiger partial charge in [-0.05, 0) is 43.3 Å². The molecule has 2 amide bonds. The van der Waals surface area contributed by atoms with Crippen molar-refractivity contribution < 1.29 is 22.7 Å². The lowest BCUT2D eigenvalue weighted by Crippen LogP contribution is -2.22. The maximum Gasteiger partial charge on any atom is 0.573 e. The first-order valence-electron chi connectivity index (χ1n) is 9.89. The fourth-order valence-corrected chi connectivity index (χ4v) is 3.02. The number of nitrogens with zero attached hydrogens (tertiary/aromatic N) is 4. The molecule has 0 radical (unpaired) electrons. The van der Waals surface area contributed by atoms with E-state index in [1.54, 1.807) is 42.7 Å². The molecular formula is C22H18F3N7O2.